The zero-order valence-corrected chi connectivity index (χ0v) is 8.26. The number of nitrogens with one attached hydrogen (secondary N) is 1. The van der Waals surface area contributed by atoms with Gasteiger partial charge in [0, 0.05) is 5.54 Å². The molecule has 0 spiro atoms. The fourth-order valence-electron chi connectivity index (χ4n) is 0.466. The number of nitrogens with two attached hydrogens (primary N) is 2. The summed E-state index contributed by atoms with van der Waals surface area (Å²) in [4.78, 5) is 6.14. The standard InChI is InChI=1S/C7H19N5/c1-7(2,12(3)4)5-10-6(8)11-9/h5,9H2,1-4H3,(H3,8,10,11). The monoisotopic (exact) mass is 173 g/mol. The summed E-state index contributed by atoms with van der Waals surface area (Å²) >= 11 is 0. The Bertz CT molecular complexity index is 161. The van der Waals surface area contributed by atoms with Gasteiger partial charge < -0.3 is 10.6 Å². The lowest BCUT2D eigenvalue weighted by molar-refractivity contribution is 0.205. The Morgan fingerprint density at radius 2 is 2.00 bits per heavy atom. The van der Waals surface area contributed by atoms with Crippen molar-refractivity contribution < 1.29 is 0 Å². The van der Waals surface area contributed by atoms with Crippen molar-refractivity contribution in [3.05, 3.63) is 0 Å². The van der Waals surface area contributed by atoms with E-state index in [0.717, 1.165) is 0 Å². The minimum Gasteiger partial charge on any atom is -0.369 e. The zero-order chi connectivity index (χ0) is 9.78. The van der Waals surface area contributed by atoms with Crippen molar-refractivity contribution in [3.8, 4) is 0 Å². The van der Waals surface area contributed by atoms with Crippen LogP contribution in [0.25, 0.3) is 0 Å². The summed E-state index contributed by atoms with van der Waals surface area (Å²) in [6, 6.07) is 0. The minimum atomic E-state index is 0.00146. The smallest absolute Gasteiger partial charge is 0.203 e. The SMILES string of the molecule is CN(C)C(C)(C)CN=C(N)NN. The van der Waals surface area contributed by atoms with E-state index in [1.54, 1.807) is 0 Å². The quantitative estimate of drug-likeness (QED) is 0.224. The van der Waals surface area contributed by atoms with Gasteiger partial charge in [0.2, 0.25) is 5.96 Å². The second-order valence-electron chi connectivity index (χ2n) is 3.55. The van der Waals surface area contributed by atoms with Gasteiger partial charge in [0.05, 0.1) is 6.54 Å². The largest absolute Gasteiger partial charge is 0.369 e. The summed E-state index contributed by atoms with van der Waals surface area (Å²) in [5, 5.41) is 0. The first-order valence-corrected chi connectivity index (χ1v) is 3.84. The van der Waals surface area contributed by atoms with E-state index in [2.05, 4.69) is 29.2 Å². The van der Waals surface area contributed by atoms with E-state index in [4.69, 9.17) is 11.6 Å². The van der Waals surface area contributed by atoms with E-state index in [1.807, 2.05) is 14.1 Å². The van der Waals surface area contributed by atoms with Crippen molar-refractivity contribution in [2.75, 3.05) is 20.6 Å². The van der Waals surface area contributed by atoms with Gasteiger partial charge >= 0.3 is 0 Å². The van der Waals surface area contributed by atoms with E-state index in [9.17, 15) is 0 Å². The number of nitrogens with zero attached hydrogens (tertiary/aromatic N) is 2. The van der Waals surface area contributed by atoms with Gasteiger partial charge in [-0.15, -0.1) is 0 Å². The summed E-state index contributed by atoms with van der Waals surface area (Å²) in [5.41, 5.74) is 7.66. The highest BCUT2D eigenvalue weighted by Gasteiger charge is 2.19. The molecule has 5 heteroatoms. The number of rotatable bonds is 3. The van der Waals surface area contributed by atoms with Crippen LogP contribution in [0, 0.1) is 0 Å². The predicted molar refractivity (Wildman–Crippen MR) is 51.6 cm³/mol. The van der Waals surface area contributed by atoms with Crippen LogP contribution in [0.1, 0.15) is 13.8 Å². The highest BCUT2D eigenvalue weighted by molar-refractivity contribution is 5.77. The van der Waals surface area contributed by atoms with Crippen LogP contribution < -0.4 is 17.0 Å². The Kier molecular flexibility index (Phi) is 3.99. The lowest BCUT2D eigenvalue weighted by Crippen LogP contribution is -2.43. The van der Waals surface area contributed by atoms with Gasteiger partial charge in [-0.1, -0.05) is 0 Å². The molecule has 0 amide bonds. The van der Waals surface area contributed by atoms with E-state index < -0.39 is 0 Å². The Labute approximate surface area is 73.8 Å². The van der Waals surface area contributed by atoms with Gasteiger partial charge in [0.1, 0.15) is 0 Å². The van der Waals surface area contributed by atoms with Crippen LogP contribution in [0.5, 0.6) is 0 Å². The molecule has 0 saturated heterocycles. The molecule has 0 radical (unpaired) electrons. The van der Waals surface area contributed by atoms with E-state index in [0.29, 0.717) is 6.54 Å². The Morgan fingerprint density at radius 1 is 1.50 bits per heavy atom. The zero-order valence-electron chi connectivity index (χ0n) is 8.26. The normalized spacial score (nSPS) is 13.7. The molecule has 5 N–H and O–H groups in total. The van der Waals surface area contributed by atoms with Crippen LogP contribution >= 0.6 is 0 Å². The molecule has 5 nitrogen and oxygen atoms in total. The van der Waals surface area contributed by atoms with Crippen molar-refractivity contribution in [2.24, 2.45) is 16.6 Å². The van der Waals surface area contributed by atoms with Gasteiger partial charge in [-0.3, -0.25) is 10.4 Å². The summed E-state index contributed by atoms with van der Waals surface area (Å²) < 4.78 is 0. The lowest BCUT2D eigenvalue weighted by atomic mass is 10.1. The maximum absolute atomic E-state index is 5.38. The third-order valence-electron chi connectivity index (χ3n) is 1.99. The molecule has 0 aliphatic heterocycles. The molecule has 0 fully saturated rings. The molecule has 0 unspecified atom stereocenters. The second kappa shape index (κ2) is 4.27. The topological polar surface area (TPSA) is 79.7 Å². The summed E-state index contributed by atoms with van der Waals surface area (Å²) in [5.74, 6) is 5.33. The molecule has 0 aromatic carbocycles. The van der Waals surface area contributed by atoms with Crippen LogP contribution in [-0.2, 0) is 0 Å². The molecule has 72 valence electrons. The van der Waals surface area contributed by atoms with Gasteiger partial charge in [0.25, 0.3) is 0 Å². The maximum atomic E-state index is 5.38. The van der Waals surface area contributed by atoms with Crippen LogP contribution in [-0.4, -0.2) is 37.0 Å². The third kappa shape index (κ3) is 3.54. The van der Waals surface area contributed by atoms with Crippen molar-refractivity contribution in [1.29, 1.82) is 0 Å². The molecule has 12 heavy (non-hydrogen) atoms. The predicted octanol–water partition coefficient (Wildman–Crippen LogP) is -0.895. The number of hydrogen-bond donors (Lipinski definition) is 3. The first-order chi connectivity index (χ1) is 5.40. The number of hydrazine groups is 1. The molecule has 0 aliphatic carbocycles. The molecule has 0 saturated carbocycles. The second-order valence-corrected chi connectivity index (χ2v) is 3.55. The van der Waals surface area contributed by atoms with Crippen LogP contribution in [0.15, 0.2) is 4.99 Å². The molecular formula is C7H19N5. The van der Waals surface area contributed by atoms with Crippen molar-refractivity contribution in [1.82, 2.24) is 10.3 Å². The van der Waals surface area contributed by atoms with E-state index in [-0.39, 0.29) is 11.5 Å². The molecular weight excluding hydrogens is 154 g/mol. The summed E-state index contributed by atoms with van der Waals surface area (Å²) in [6.45, 7) is 4.79. The third-order valence-corrected chi connectivity index (χ3v) is 1.99. The van der Waals surface area contributed by atoms with Crippen molar-refractivity contribution in [3.63, 3.8) is 0 Å². The highest BCUT2D eigenvalue weighted by Crippen LogP contribution is 2.09. The van der Waals surface area contributed by atoms with Crippen molar-refractivity contribution in [2.45, 2.75) is 19.4 Å². The van der Waals surface area contributed by atoms with Gasteiger partial charge in [-0.05, 0) is 27.9 Å². The molecule has 0 atom stereocenters. The number of hydrogen-bond acceptors (Lipinski definition) is 3. The molecule has 0 aromatic rings. The first-order valence-electron chi connectivity index (χ1n) is 3.84. The summed E-state index contributed by atoms with van der Waals surface area (Å²) in [6.07, 6.45) is 0. The molecule has 0 heterocycles. The minimum absolute atomic E-state index is 0.00146. The summed E-state index contributed by atoms with van der Waals surface area (Å²) in [7, 11) is 4.00. The van der Waals surface area contributed by atoms with Crippen molar-refractivity contribution >= 4 is 5.96 Å². The fourth-order valence-corrected chi connectivity index (χ4v) is 0.466. The van der Waals surface area contributed by atoms with E-state index in [1.165, 1.54) is 0 Å². The molecule has 0 aliphatic rings. The number of guanidine groups is 1. The molecule has 0 aromatic heterocycles. The average Bonchev–Trinajstić information content (AvgIpc) is 2.00. The van der Waals surface area contributed by atoms with Gasteiger partial charge in [-0.2, -0.15) is 0 Å². The number of aliphatic imine (C=N–C) groups is 1. The van der Waals surface area contributed by atoms with Gasteiger partial charge in [-0.25, -0.2) is 5.84 Å². The average molecular weight is 173 g/mol. The fraction of sp³-hybridized carbons (Fsp3) is 0.857. The molecule has 0 bridgehead atoms. The maximum Gasteiger partial charge on any atom is 0.203 e. The Hall–Kier alpha value is -0.810. The first kappa shape index (κ1) is 11.2. The highest BCUT2D eigenvalue weighted by atomic mass is 15.3. The van der Waals surface area contributed by atoms with E-state index >= 15 is 0 Å². The molecule has 0 rings (SSSR count). The lowest BCUT2D eigenvalue weighted by Gasteiger charge is -2.30. The van der Waals surface area contributed by atoms with Crippen LogP contribution in [0.3, 0.4) is 0 Å². The van der Waals surface area contributed by atoms with Crippen LogP contribution in [0.4, 0.5) is 0 Å². The Morgan fingerprint density at radius 3 is 2.33 bits per heavy atom. The number of likely N-dealkylation sites (N-methyl/N-ethyl adjacent to an activating group) is 1. The van der Waals surface area contributed by atoms with Gasteiger partial charge in [0.15, 0.2) is 0 Å². The van der Waals surface area contributed by atoms with Crippen LogP contribution in [0.2, 0.25) is 0 Å². The Balaban J connectivity index is 4.08.